The Morgan fingerprint density at radius 1 is 0.927 bits per heavy atom. The molecule has 442 valence electrons. The summed E-state index contributed by atoms with van der Waals surface area (Å²) in [7, 11) is 0. The molecule has 0 unspecified atom stereocenters. The molecule has 10 rings (SSSR count). The number of nitrogens with one attached hydrogen (secondary N) is 5. The highest BCUT2D eigenvalue weighted by Gasteiger charge is 2.72. The Morgan fingerprint density at radius 2 is 1.66 bits per heavy atom. The first-order chi connectivity index (χ1) is 39.3. The van der Waals surface area contributed by atoms with Crippen LogP contribution in [0.2, 0.25) is 10.0 Å². The van der Waals surface area contributed by atoms with Crippen LogP contribution in [0.4, 0.5) is 10.1 Å². The molecule has 6 aliphatic rings. The molecule has 2 saturated carbocycles. The van der Waals surface area contributed by atoms with Crippen molar-refractivity contribution in [3.63, 3.8) is 0 Å². The zero-order valence-electron chi connectivity index (χ0n) is 47.5. The molecule has 5 fully saturated rings. The van der Waals surface area contributed by atoms with E-state index in [1.54, 1.807) is 35.6 Å². The zero-order valence-corrected chi connectivity index (χ0v) is 49.8. The first-order valence-electron chi connectivity index (χ1n) is 29.4. The second-order valence-corrected chi connectivity index (χ2v) is 26.6. The second kappa shape index (κ2) is 25.7. The van der Waals surface area contributed by atoms with Gasteiger partial charge in [0.15, 0.2) is 0 Å². The highest BCUT2D eigenvalue weighted by molar-refractivity contribution is 7.13. The largest absolute Gasteiger partial charge is 0.391 e. The van der Waals surface area contributed by atoms with Crippen LogP contribution >= 0.6 is 34.5 Å². The van der Waals surface area contributed by atoms with Crippen LogP contribution in [0, 0.1) is 30.0 Å². The molecule has 2 aliphatic carbocycles. The molecule has 3 aromatic carbocycles. The van der Waals surface area contributed by atoms with Gasteiger partial charge in [-0.25, -0.2) is 9.37 Å². The standard InChI is InChI=1S/C62H79Cl2FN8O8S/c1-37-54(82-36-67-37)41-15-11-38(12-16-41)31-66-56(76)49-30-44(74)33-73(49)58(78)55(60(2,3)4)70-50(75)35-81-28-27-80-34-40-21-25-72(26-22-40)32-39-13-18-43(19-14-39)68-57(77)53-51(45-9-8-10-47(64)52(45)65)62(61(71-53)23-6-5-7-24-61)46-20-17-42(63)29-48(46)69-59(62)79/h8-12,15-17,20,29,36,39-40,43-44,49,51,53,55,71,74H,5-7,13-14,18-19,21-28,30-35H2,1-4H3,(H,66,76)(H,68,77)(H,69,79)(H,70,75)/t39-,43-,44-,49+,51+,53-,55-,62-/m1/s1. The van der Waals surface area contributed by atoms with E-state index in [1.165, 1.54) is 11.0 Å². The van der Waals surface area contributed by atoms with Crippen LogP contribution in [0.3, 0.4) is 0 Å². The Kier molecular flexibility index (Phi) is 18.8. The first kappa shape index (κ1) is 60.1. The Morgan fingerprint density at radius 3 is 2.37 bits per heavy atom. The van der Waals surface area contributed by atoms with Crippen molar-refractivity contribution in [2.24, 2.45) is 17.3 Å². The number of aromatic nitrogens is 1. The molecule has 5 amide bonds. The van der Waals surface area contributed by atoms with Gasteiger partial charge in [0.1, 0.15) is 29.9 Å². The van der Waals surface area contributed by atoms with Gasteiger partial charge in [0, 0.05) is 60.9 Å². The third-order valence-electron chi connectivity index (χ3n) is 18.4. The van der Waals surface area contributed by atoms with Gasteiger partial charge in [-0.2, -0.15) is 0 Å². The minimum atomic E-state index is -1.27. The average Bonchev–Trinajstić information content (AvgIpc) is 1.62. The van der Waals surface area contributed by atoms with E-state index in [9.17, 15) is 29.1 Å². The van der Waals surface area contributed by atoms with E-state index in [0.717, 1.165) is 105 Å². The number of anilines is 1. The van der Waals surface area contributed by atoms with Crippen LogP contribution in [-0.2, 0) is 45.4 Å². The highest BCUT2D eigenvalue weighted by atomic mass is 35.5. The van der Waals surface area contributed by atoms with Crippen molar-refractivity contribution in [1.82, 2.24) is 36.1 Å². The van der Waals surface area contributed by atoms with Gasteiger partial charge in [0.2, 0.25) is 29.5 Å². The zero-order chi connectivity index (χ0) is 57.9. The van der Waals surface area contributed by atoms with E-state index in [1.807, 2.05) is 63.5 Å². The van der Waals surface area contributed by atoms with Crippen molar-refractivity contribution < 1.29 is 42.9 Å². The number of carbonyl (C=O) groups is 5. The fourth-order valence-corrected chi connectivity index (χ4v) is 15.4. The second-order valence-electron chi connectivity index (χ2n) is 24.9. The summed E-state index contributed by atoms with van der Waals surface area (Å²) in [5, 5.41) is 27.1. The number of β-amino-alcohol motifs (C(OH)–C–C–N with tert-alkyl or cyclic N) is 1. The number of halogens is 3. The lowest BCUT2D eigenvalue weighted by Crippen LogP contribution is -2.60. The summed E-state index contributed by atoms with van der Waals surface area (Å²) in [4.78, 5) is 79.7. The molecule has 3 saturated heterocycles. The molecule has 82 heavy (non-hydrogen) atoms. The predicted molar refractivity (Wildman–Crippen MR) is 315 cm³/mol. The molecule has 6 atom stereocenters. The van der Waals surface area contributed by atoms with E-state index in [-0.39, 0.29) is 67.1 Å². The van der Waals surface area contributed by atoms with E-state index in [2.05, 4.69) is 36.5 Å². The molecule has 4 aromatic rings. The number of ether oxygens (including phenoxy) is 2. The Labute approximate surface area is 494 Å². The number of hydrogen-bond acceptors (Lipinski definition) is 12. The quantitative estimate of drug-likeness (QED) is 0.0522. The van der Waals surface area contributed by atoms with Gasteiger partial charge in [-0.15, -0.1) is 11.3 Å². The van der Waals surface area contributed by atoms with Gasteiger partial charge in [0.05, 0.1) is 46.5 Å². The van der Waals surface area contributed by atoms with Crippen molar-refractivity contribution in [3.05, 3.63) is 104 Å². The number of aliphatic hydroxyl groups excluding tert-OH is 1. The minimum absolute atomic E-state index is 0.0161. The van der Waals surface area contributed by atoms with Crippen molar-refractivity contribution >= 4 is 69.8 Å². The molecule has 2 spiro atoms. The van der Waals surface area contributed by atoms with Crippen LogP contribution < -0.4 is 26.6 Å². The minimum Gasteiger partial charge on any atom is -0.391 e. The number of hydrogen-bond donors (Lipinski definition) is 6. The number of thiazole rings is 1. The smallest absolute Gasteiger partial charge is 0.246 e. The maximum atomic E-state index is 16.4. The summed E-state index contributed by atoms with van der Waals surface area (Å²) in [6.07, 6.45) is 8.94. The van der Waals surface area contributed by atoms with E-state index >= 15 is 4.39 Å². The molecule has 16 nitrogen and oxygen atoms in total. The Hall–Kier alpha value is -5.05. The van der Waals surface area contributed by atoms with Crippen molar-refractivity contribution in [1.29, 1.82) is 0 Å². The monoisotopic (exact) mass is 1180 g/mol. The SMILES string of the molecule is Cc1ncsc1-c1ccc(CNC(=O)[C@@H]2C[C@@H](O)CN2C(=O)[C@@H](NC(=O)COCCOCC2CCN(C[C@H]3CC[C@H](NC(=O)[C@@H]4NC5(CCCCC5)[C@@]5(C(=O)Nc6cc(Cl)ccc65)[C@H]4c4cccc(Cl)c4F)CC3)CC2)C(C)(C)C)cc1. The number of aryl methyl sites for hydroxylation is 1. The molecular formula is C62H79Cl2FN8O8S. The molecule has 1 aromatic heterocycles. The van der Waals surface area contributed by atoms with Crippen molar-refractivity contribution in [2.75, 3.05) is 57.9 Å². The lowest BCUT2D eigenvalue weighted by atomic mass is 9.55. The molecule has 4 aliphatic heterocycles. The number of amides is 5. The number of fused-ring (bicyclic) bond motifs is 3. The Bertz CT molecular complexity index is 2960. The first-order valence-corrected chi connectivity index (χ1v) is 31.0. The molecular weight excluding hydrogens is 1110 g/mol. The molecule has 0 bridgehead atoms. The van der Waals surface area contributed by atoms with Gasteiger partial charge < -0.3 is 45.6 Å². The predicted octanol–water partition coefficient (Wildman–Crippen LogP) is 8.44. The number of piperidine rings is 1. The topological polar surface area (TPSA) is 204 Å². The molecule has 0 radical (unpaired) electrons. The normalized spacial score (nSPS) is 26.0. The molecule has 5 heterocycles. The summed E-state index contributed by atoms with van der Waals surface area (Å²) < 4.78 is 28.1. The van der Waals surface area contributed by atoms with Gasteiger partial charge in [0.25, 0.3) is 0 Å². The lowest BCUT2D eigenvalue weighted by molar-refractivity contribution is -0.144. The third kappa shape index (κ3) is 12.7. The number of carbonyl (C=O) groups excluding carboxylic acids is 5. The average molecular weight is 1190 g/mol. The number of likely N-dealkylation sites (tertiary alicyclic amines) is 2. The summed E-state index contributed by atoms with van der Waals surface area (Å²) in [6.45, 7) is 11.5. The van der Waals surface area contributed by atoms with Crippen LogP contribution in [-0.4, -0.2) is 138 Å². The van der Waals surface area contributed by atoms with Crippen LogP contribution in [0.1, 0.15) is 126 Å². The fourth-order valence-electron chi connectivity index (χ4n) is 14.2. The molecule has 20 heteroatoms. The van der Waals surface area contributed by atoms with Gasteiger partial charge in [-0.05, 0) is 129 Å². The van der Waals surface area contributed by atoms with Gasteiger partial charge in [-0.3, -0.25) is 29.3 Å². The summed E-state index contributed by atoms with van der Waals surface area (Å²) in [5.41, 5.74) is 3.54. The van der Waals surface area contributed by atoms with E-state index < -0.39 is 64.1 Å². The van der Waals surface area contributed by atoms with E-state index in [0.29, 0.717) is 48.6 Å². The Balaban J connectivity index is 0.638. The van der Waals surface area contributed by atoms with Crippen LogP contribution in [0.25, 0.3) is 10.4 Å². The lowest BCUT2D eigenvalue weighted by Gasteiger charge is -2.47. The van der Waals surface area contributed by atoms with Crippen molar-refractivity contribution in [2.45, 2.75) is 158 Å². The maximum Gasteiger partial charge on any atom is 0.246 e. The van der Waals surface area contributed by atoms with E-state index in [4.69, 9.17) is 32.7 Å². The summed E-state index contributed by atoms with van der Waals surface area (Å²) >= 11 is 14.5. The van der Waals surface area contributed by atoms with Crippen molar-refractivity contribution in [3.8, 4) is 10.4 Å². The highest BCUT2D eigenvalue weighted by Crippen LogP contribution is 2.63. The van der Waals surface area contributed by atoms with Crippen LogP contribution in [0.15, 0.2) is 66.2 Å². The number of nitrogens with zero attached hydrogens (tertiary/aromatic N) is 3. The van der Waals surface area contributed by atoms with Crippen LogP contribution in [0.5, 0.6) is 0 Å². The van der Waals surface area contributed by atoms with Gasteiger partial charge in [-0.1, -0.05) is 106 Å². The maximum absolute atomic E-state index is 16.4. The number of benzene rings is 3. The third-order valence-corrected chi connectivity index (χ3v) is 19.9. The summed E-state index contributed by atoms with van der Waals surface area (Å²) in [6, 6.07) is 15.4. The summed E-state index contributed by atoms with van der Waals surface area (Å²) in [5.74, 6) is -2.31. The fraction of sp³-hybridized carbons (Fsp3) is 0.581. The molecule has 6 N–H and O–H groups in total. The number of rotatable bonds is 18. The van der Waals surface area contributed by atoms with Gasteiger partial charge >= 0.3 is 0 Å². The number of aliphatic hydroxyl groups is 1.